The summed E-state index contributed by atoms with van der Waals surface area (Å²) in [6, 6.07) is 7.40. The molecule has 1 amide bonds. The lowest BCUT2D eigenvalue weighted by atomic mass is 9.97. The van der Waals surface area contributed by atoms with Crippen molar-refractivity contribution in [2.45, 2.75) is 25.5 Å². The van der Waals surface area contributed by atoms with Crippen LogP contribution in [0, 0.1) is 17.5 Å². The Bertz CT molecular complexity index is 1170. The minimum Gasteiger partial charge on any atom is -0.481 e. The molecule has 0 spiro atoms. The number of carbonyl (C=O) groups excluding carboxylic acids is 1. The van der Waals surface area contributed by atoms with Crippen molar-refractivity contribution >= 4 is 39.1 Å². The molecule has 0 bridgehead atoms. The molecule has 2 heterocycles. The predicted molar refractivity (Wildman–Crippen MR) is 98.4 cm³/mol. The van der Waals surface area contributed by atoms with Gasteiger partial charge < -0.3 is 9.84 Å². The van der Waals surface area contributed by atoms with Gasteiger partial charge in [-0.25, -0.2) is 18.2 Å². The molecule has 0 saturated heterocycles. The van der Waals surface area contributed by atoms with Gasteiger partial charge in [-0.15, -0.1) is 11.3 Å². The average molecular weight is 422 g/mol. The second-order valence-corrected chi connectivity index (χ2v) is 7.82. The number of carbonyl (C=O) groups is 2. The SMILES string of the molecule is CC1(CC(=O)O)Oc2ccccc2N(Cc2nc3c(F)c(F)c(F)cc3s2)C1=O. The van der Waals surface area contributed by atoms with Crippen LogP contribution in [0.25, 0.3) is 10.2 Å². The van der Waals surface area contributed by atoms with Crippen LogP contribution in [-0.2, 0) is 16.1 Å². The Hall–Kier alpha value is -3.14. The van der Waals surface area contributed by atoms with E-state index in [-0.39, 0.29) is 21.8 Å². The number of aromatic nitrogens is 1. The van der Waals surface area contributed by atoms with Crippen molar-refractivity contribution < 1.29 is 32.6 Å². The first kappa shape index (κ1) is 19.2. The molecule has 29 heavy (non-hydrogen) atoms. The number of nitrogens with zero attached hydrogens (tertiary/aromatic N) is 2. The number of amides is 1. The Morgan fingerprint density at radius 2 is 2.00 bits per heavy atom. The van der Waals surface area contributed by atoms with Crippen molar-refractivity contribution in [1.82, 2.24) is 4.98 Å². The summed E-state index contributed by atoms with van der Waals surface area (Å²) < 4.78 is 46.7. The zero-order valence-corrected chi connectivity index (χ0v) is 15.7. The maximum absolute atomic E-state index is 14.0. The molecule has 0 fully saturated rings. The van der Waals surface area contributed by atoms with Gasteiger partial charge in [-0.2, -0.15) is 0 Å². The lowest BCUT2D eigenvalue weighted by Crippen LogP contribution is -2.55. The number of rotatable bonds is 4. The molecular formula is C19H13F3N2O4S. The van der Waals surface area contributed by atoms with Crippen LogP contribution in [0.3, 0.4) is 0 Å². The summed E-state index contributed by atoms with van der Waals surface area (Å²) in [5.74, 6) is -5.86. The fourth-order valence-corrected chi connectivity index (χ4v) is 4.21. The van der Waals surface area contributed by atoms with Gasteiger partial charge in [0.15, 0.2) is 23.1 Å². The molecule has 150 valence electrons. The number of benzene rings is 2. The second kappa shape index (κ2) is 6.73. The number of halogens is 3. The number of carboxylic acid groups (broad SMARTS) is 1. The third kappa shape index (κ3) is 3.19. The molecule has 6 nitrogen and oxygen atoms in total. The van der Waals surface area contributed by atoms with E-state index in [1.54, 1.807) is 24.3 Å². The number of carboxylic acids is 1. The van der Waals surface area contributed by atoms with Crippen LogP contribution in [0.15, 0.2) is 30.3 Å². The van der Waals surface area contributed by atoms with Crippen molar-refractivity contribution in [3.8, 4) is 5.75 Å². The summed E-state index contributed by atoms with van der Waals surface area (Å²) >= 11 is 0.910. The summed E-state index contributed by atoms with van der Waals surface area (Å²) in [6.45, 7) is 1.23. The molecule has 2 aromatic carbocycles. The number of hydrogen-bond donors (Lipinski definition) is 1. The number of anilines is 1. The number of ether oxygens (including phenoxy) is 1. The standard InChI is InChI=1S/C19H13F3N2O4S/c1-19(7-14(25)26)18(27)24(10-4-2-3-5-11(10)28-19)8-13-23-17-12(29-13)6-9(20)15(21)16(17)22/h2-6H,7-8H2,1H3,(H,25,26). The van der Waals surface area contributed by atoms with Crippen molar-refractivity contribution in [1.29, 1.82) is 0 Å². The van der Waals surface area contributed by atoms with E-state index in [2.05, 4.69) is 4.98 Å². The molecule has 0 saturated carbocycles. The molecule has 0 radical (unpaired) electrons. The Morgan fingerprint density at radius 1 is 1.28 bits per heavy atom. The number of para-hydroxylation sites is 2. The highest BCUT2D eigenvalue weighted by atomic mass is 32.1. The Labute approximate surface area is 166 Å². The van der Waals surface area contributed by atoms with Gasteiger partial charge in [0.25, 0.3) is 5.91 Å². The maximum atomic E-state index is 14.0. The predicted octanol–water partition coefficient (Wildman–Crippen LogP) is 3.87. The summed E-state index contributed by atoms with van der Waals surface area (Å²) in [4.78, 5) is 29.6. The molecule has 1 unspecified atom stereocenters. The van der Waals surface area contributed by atoms with E-state index in [4.69, 9.17) is 4.74 Å². The van der Waals surface area contributed by atoms with E-state index < -0.39 is 41.4 Å². The Kier molecular flexibility index (Phi) is 4.45. The topological polar surface area (TPSA) is 79.7 Å². The van der Waals surface area contributed by atoms with Crippen molar-refractivity contribution in [3.63, 3.8) is 0 Å². The molecule has 0 aliphatic carbocycles. The quantitative estimate of drug-likeness (QED) is 0.646. The minimum absolute atomic E-state index is 0.0960. The highest BCUT2D eigenvalue weighted by molar-refractivity contribution is 7.18. The van der Waals surface area contributed by atoms with Crippen molar-refractivity contribution in [2.75, 3.05) is 4.90 Å². The lowest BCUT2D eigenvalue weighted by molar-refractivity contribution is -0.148. The van der Waals surface area contributed by atoms with Crippen LogP contribution < -0.4 is 9.64 Å². The van der Waals surface area contributed by atoms with E-state index in [1.807, 2.05) is 0 Å². The molecule has 3 aromatic rings. The molecular weight excluding hydrogens is 409 g/mol. The first-order valence-corrected chi connectivity index (χ1v) is 9.26. The smallest absolute Gasteiger partial charge is 0.307 e. The Balaban J connectivity index is 1.77. The maximum Gasteiger partial charge on any atom is 0.307 e. The van der Waals surface area contributed by atoms with E-state index in [1.165, 1.54) is 11.8 Å². The lowest BCUT2D eigenvalue weighted by Gasteiger charge is -2.39. The van der Waals surface area contributed by atoms with Gasteiger partial charge in [-0.1, -0.05) is 12.1 Å². The molecule has 1 aliphatic heterocycles. The zero-order chi connectivity index (χ0) is 20.9. The normalized spacial score (nSPS) is 18.6. The Morgan fingerprint density at radius 3 is 2.72 bits per heavy atom. The van der Waals surface area contributed by atoms with Gasteiger partial charge in [0.2, 0.25) is 0 Å². The molecule has 4 rings (SSSR count). The monoisotopic (exact) mass is 422 g/mol. The van der Waals surface area contributed by atoms with Gasteiger partial charge in [0.05, 0.1) is 23.4 Å². The van der Waals surface area contributed by atoms with Crippen molar-refractivity contribution in [3.05, 3.63) is 52.8 Å². The average Bonchev–Trinajstić information content (AvgIpc) is 3.05. The van der Waals surface area contributed by atoms with E-state index in [9.17, 15) is 27.9 Å². The van der Waals surface area contributed by atoms with E-state index in [0.29, 0.717) is 11.4 Å². The fourth-order valence-electron chi connectivity index (χ4n) is 3.23. The summed E-state index contributed by atoms with van der Waals surface area (Å²) in [7, 11) is 0. The highest BCUT2D eigenvalue weighted by Crippen LogP contribution is 2.40. The third-order valence-electron chi connectivity index (χ3n) is 4.54. The van der Waals surface area contributed by atoms with Crippen molar-refractivity contribution in [2.24, 2.45) is 0 Å². The minimum atomic E-state index is -1.65. The van der Waals surface area contributed by atoms with Gasteiger partial charge >= 0.3 is 5.97 Å². The fraction of sp³-hybridized carbons (Fsp3) is 0.211. The zero-order valence-electron chi connectivity index (χ0n) is 14.9. The first-order chi connectivity index (χ1) is 13.7. The van der Waals surface area contributed by atoms with Gasteiger partial charge in [-0.05, 0) is 25.1 Å². The van der Waals surface area contributed by atoms with Crippen LogP contribution in [0.1, 0.15) is 18.4 Å². The van der Waals surface area contributed by atoms with E-state index in [0.717, 1.165) is 17.4 Å². The summed E-state index contributed by atoms with van der Waals surface area (Å²) in [5.41, 5.74) is -1.59. The van der Waals surface area contributed by atoms with Gasteiger partial charge in [0, 0.05) is 0 Å². The molecule has 1 aromatic heterocycles. The number of aliphatic carboxylic acids is 1. The van der Waals surface area contributed by atoms with E-state index >= 15 is 0 Å². The molecule has 1 N–H and O–H groups in total. The van der Waals surface area contributed by atoms with Gasteiger partial charge in [0.1, 0.15) is 16.3 Å². The van der Waals surface area contributed by atoms with Crippen LogP contribution in [0.5, 0.6) is 5.75 Å². The van der Waals surface area contributed by atoms with Crippen LogP contribution in [0.4, 0.5) is 18.9 Å². The molecule has 1 aliphatic rings. The summed E-state index contributed by atoms with van der Waals surface area (Å²) in [5, 5.41) is 9.41. The summed E-state index contributed by atoms with van der Waals surface area (Å²) in [6.07, 6.45) is -0.568. The number of fused-ring (bicyclic) bond motifs is 2. The van der Waals surface area contributed by atoms with Crippen LogP contribution >= 0.6 is 11.3 Å². The molecule has 10 heteroatoms. The largest absolute Gasteiger partial charge is 0.481 e. The second-order valence-electron chi connectivity index (χ2n) is 6.70. The highest BCUT2D eigenvalue weighted by Gasteiger charge is 2.46. The van der Waals surface area contributed by atoms with Gasteiger partial charge in [-0.3, -0.25) is 14.5 Å². The number of hydrogen-bond acceptors (Lipinski definition) is 5. The third-order valence-corrected chi connectivity index (χ3v) is 5.52. The van der Waals surface area contributed by atoms with Crippen LogP contribution in [-0.4, -0.2) is 27.6 Å². The number of thiazole rings is 1. The van der Waals surface area contributed by atoms with Crippen LogP contribution in [0.2, 0.25) is 0 Å². The first-order valence-electron chi connectivity index (χ1n) is 8.44. The molecule has 1 atom stereocenters.